The van der Waals surface area contributed by atoms with Crippen LogP contribution < -0.4 is 4.72 Å². The van der Waals surface area contributed by atoms with E-state index >= 15 is 0 Å². The summed E-state index contributed by atoms with van der Waals surface area (Å²) in [7, 11) is -3.71. The highest BCUT2D eigenvalue weighted by molar-refractivity contribution is 7.92. The third-order valence-corrected chi connectivity index (χ3v) is 4.36. The third kappa shape index (κ3) is 4.15. The van der Waals surface area contributed by atoms with Gasteiger partial charge < -0.3 is 0 Å². The fraction of sp³-hybridized carbons (Fsp3) is 0.286. The van der Waals surface area contributed by atoms with E-state index in [1.807, 2.05) is 12.1 Å². The van der Waals surface area contributed by atoms with E-state index in [1.54, 1.807) is 25.1 Å². The lowest BCUT2D eigenvalue weighted by molar-refractivity contribution is 0.600. The van der Waals surface area contributed by atoms with Gasteiger partial charge in [-0.3, -0.25) is 0 Å². The molecule has 1 aromatic carbocycles. The van der Waals surface area contributed by atoms with Crippen molar-refractivity contribution in [2.24, 2.45) is 0 Å². The molecule has 0 aliphatic heterocycles. The Balaban J connectivity index is 2.25. The quantitative estimate of drug-likeness (QED) is 0.857. The van der Waals surface area contributed by atoms with Crippen LogP contribution in [0.4, 0.5) is 5.95 Å². The highest BCUT2D eigenvalue weighted by Gasteiger charge is 2.16. The number of nitrogens with one attached hydrogen (secondary N) is 1. The molecular formula is C14H16ClN3O2S. The Kier molecular flexibility index (Phi) is 4.80. The molecule has 2 aromatic rings. The zero-order chi connectivity index (χ0) is 15.5. The first kappa shape index (κ1) is 15.7. The second-order valence-corrected chi connectivity index (χ2v) is 6.72. The molecule has 7 heteroatoms. The second kappa shape index (κ2) is 6.41. The minimum absolute atomic E-state index is 0.0300. The fourth-order valence-electron chi connectivity index (χ4n) is 1.88. The van der Waals surface area contributed by atoms with Gasteiger partial charge in [-0.05, 0) is 37.1 Å². The van der Waals surface area contributed by atoms with Crippen molar-refractivity contribution in [1.82, 2.24) is 9.97 Å². The summed E-state index contributed by atoms with van der Waals surface area (Å²) in [5.74, 6) is -0.0300. The molecule has 112 valence electrons. The molecule has 0 spiro atoms. The number of sulfonamides is 1. The maximum absolute atomic E-state index is 12.3. The molecule has 0 saturated carbocycles. The molecule has 0 bridgehead atoms. The lowest BCUT2D eigenvalue weighted by Crippen LogP contribution is -2.15. The van der Waals surface area contributed by atoms with Crippen LogP contribution >= 0.6 is 11.6 Å². The van der Waals surface area contributed by atoms with Crippen molar-refractivity contribution in [1.29, 1.82) is 0 Å². The third-order valence-electron chi connectivity index (χ3n) is 2.82. The van der Waals surface area contributed by atoms with E-state index in [0.29, 0.717) is 5.69 Å². The largest absolute Gasteiger partial charge is 0.264 e. The van der Waals surface area contributed by atoms with Gasteiger partial charge in [-0.2, -0.15) is 0 Å². The molecular weight excluding hydrogens is 310 g/mol. The van der Waals surface area contributed by atoms with E-state index < -0.39 is 10.0 Å². The van der Waals surface area contributed by atoms with Gasteiger partial charge in [0, 0.05) is 5.69 Å². The summed E-state index contributed by atoms with van der Waals surface area (Å²) in [5, 5.41) is 0.193. The zero-order valence-electron chi connectivity index (χ0n) is 11.8. The number of nitrogens with zero attached hydrogens (tertiary/aromatic N) is 2. The van der Waals surface area contributed by atoms with E-state index in [1.165, 1.54) is 0 Å². The molecule has 0 saturated heterocycles. The smallest absolute Gasteiger partial charge is 0.247 e. The van der Waals surface area contributed by atoms with Crippen LogP contribution in [0, 0.1) is 6.92 Å². The minimum atomic E-state index is -3.71. The molecule has 0 fully saturated rings. The molecule has 1 N–H and O–H groups in total. The molecule has 5 nitrogen and oxygen atoms in total. The van der Waals surface area contributed by atoms with Crippen LogP contribution in [-0.4, -0.2) is 18.4 Å². The summed E-state index contributed by atoms with van der Waals surface area (Å²) in [5.41, 5.74) is 1.69. The lowest BCUT2D eigenvalue weighted by atomic mass is 10.1. The summed E-state index contributed by atoms with van der Waals surface area (Å²) < 4.78 is 26.9. The maximum Gasteiger partial charge on any atom is 0.264 e. The number of hydrogen-bond acceptors (Lipinski definition) is 4. The number of aryl methyl sites for hydroxylation is 2. The molecule has 1 heterocycles. The maximum atomic E-state index is 12.3. The minimum Gasteiger partial charge on any atom is -0.247 e. The summed E-state index contributed by atoms with van der Waals surface area (Å²) in [6, 6.07) is 8.32. The summed E-state index contributed by atoms with van der Waals surface area (Å²) >= 11 is 5.79. The number of hydrogen-bond donors (Lipinski definition) is 1. The number of halogens is 1. The van der Waals surface area contributed by atoms with Crippen LogP contribution in [0.1, 0.15) is 24.6 Å². The average molecular weight is 326 g/mol. The summed E-state index contributed by atoms with van der Waals surface area (Å²) in [6.45, 7) is 3.79. The predicted octanol–water partition coefficient (Wildman–Crippen LogP) is 3.19. The van der Waals surface area contributed by atoms with Crippen LogP contribution in [0.3, 0.4) is 0 Å². The van der Waals surface area contributed by atoms with Crippen molar-refractivity contribution < 1.29 is 8.42 Å². The van der Waals surface area contributed by atoms with Crippen LogP contribution in [0.2, 0.25) is 5.15 Å². The van der Waals surface area contributed by atoms with Crippen molar-refractivity contribution in [3.63, 3.8) is 0 Å². The molecule has 0 amide bonds. The highest BCUT2D eigenvalue weighted by Crippen LogP contribution is 2.16. The van der Waals surface area contributed by atoms with Crippen LogP contribution in [-0.2, 0) is 16.4 Å². The number of rotatable bonds is 5. The summed E-state index contributed by atoms with van der Waals surface area (Å²) in [6.07, 6.45) is 1.93. The van der Waals surface area contributed by atoms with E-state index in [2.05, 4.69) is 21.6 Å². The standard InChI is InChI=1S/C14H16ClN3O2S/c1-3-4-11-5-7-12(8-6-11)21(19,20)18-14-16-10(2)9-13(15)17-14/h5-9H,3-4H2,1-2H3,(H,16,17,18). The van der Waals surface area contributed by atoms with Crippen molar-refractivity contribution in [3.05, 3.63) is 46.7 Å². The van der Waals surface area contributed by atoms with Gasteiger partial charge in [0.15, 0.2) is 0 Å². The number of benzene rings is 1. The van der Waals surface area contributed by atoms with E-state index in [-0.39, 0.29) is 16.0 Å². The predicted molar refractivity (Wildman–Crippen MR) is 83.0 cm³/mol. The topological polar surface area (TPSA) is 72.0 Å². The molecule has 0 aliphatic rings. The van der Waals surface area contributed by atoms with Gasteiger partial charge in [0.25, 0.3) is 10.0 Å². The second-order valence-electron chi connectivity index (χ2n) is 4.66. The number of anilines is 1. The van der Waals surface area contributed by atoms with Crippen molar-refractivity contribution in [2.45, 2.75) is 31.6 Å². The van der Waals surface area contributed by atoms with Gasteiger partial charge in [0.2, 0.25) is 5.95 Å². The molecule has 2 rings (SSSR count). The highest BCUT2D eigenvalue weighted by atomic mass is 35.5. The Labute approximate surface area is 129 Å². The van der Waals surface area contributed by atoms with Gasteiger partial charge in [0.1, 0.15) is 5.15 Å². The Morgan fingerprint density at radius 1 is 1.19 bits per heavy atom. The average Bonchev–Trinajstić information content (AvgIpc) is 2.38. The van der Waals surface area contributed by atoms with Crippen molar-refractivity contribution in [3.8, 4) is 0 Å². The lowest BCUT2D eigenvalue weighted by Gasteiger charge is -2.08. The first-order valence-corrected chi connectivity index (χ1v) is 8.40. The van der Waals surface area contributed by atoms with Gasteiger partial charge in [0.05, 0.1) is 4.90 Å². The molecule has 0 unspecified atom stereocenters. The van der Waals surface area contributed by atoms with Crippen LogP contribution in [0.5, 0.6) is 0 Å². The van der Waals surface area contributed by atoms with Gasteiger partial charge >= 0.3 is 0 Å². The van der Waals surface area contributed by atoms with Gasteiger partial charge in [-0.25, -0.2) is 23.1 Å². The van der Waals surface area contributed by atoms with Crippen molar-refractivity contribution in [2.75, 3.05) is 4.72 Å². The SMILES string of the molecule is CCCc1ccc(S(=O)(=O)Nc2nc(C)cc(Cl)n2)cc1. The van der Waals surface area contributed by atoms with E-state index in [4.69, 9.17) is 11.6 Å². The summed E-state index contributed by atoms with van der Waals surface area (Å²) in [4.78, 5) is 8.03. The zero-order valence-corrected chi connectivity index (χ0v) is 13.4. The monoisotopic (exact) mass is 325 g/mol. The molecule has 21 heavy (non-hydrogen) atoms. The fourth-order valence-corrected chi connectivity index (χ4v) is 3.06. The molecule has 0 aliphatic carbocycles. The Bertz CT molecular complexity index is 710. The van der Waals surface area contributed by atoms with Gasteiger partial charge in [-0.1, -0.05) is 37.1 Å². The van der Waals surface area contributed by atoms with E-state index in [0.717, 1.165) is 18.4 Å². The number of aromatic nitrogens is 2. The van der Waals surface area contributed by atoms with Crippen LogP contribution in [0.15, 0.2) is 35.2 Å². The normalized spacial score (nSPS) is 11.4. The van der Waals surface area contributed by atoms with E-state index in [9.17, 15) is 8.42 Å². The Hall–Kier alpha value is -1.66. The Morgan fingerprint density at radius 2 is 1.86 bits per heavy atom. The van der Waals surface area contributed by atoms with Crippen LogP contribution in [0.25, 0.3) is 0 Å². The first-order valence-electron chi connectivity index (χ1n) is 6.53. The van der Waals surface area contributed by atoms with Crippen molar-refractivity contribution >= 4 is 27.6 Å². The molecule has 0 radical (unpaired) electrons. The molecule has 1 aromatic heterocycles. The Morgan fingerprint density at radius 3 is 2.43 bits per heavy atom. The molecule has 0 atom stereocenters. The first-order chi connectivity index (χ1) is 9.90. The van der Waals surface area contributed by atoms with Gasteiger partial charge in [-0.15, -0.1) is 0 Å².